The molecule has 0 atom stereocenters. The van der Waals surface area contributed by atoms with Crippen LogP contribution in [0.3, 0.4) is 0 Å². The van der Waals surface area contributed by atoms with Crippen LogP contribution >= 0.6 is 22.6 Å². The molecule has 0 aliphatic heterocycles. The Morgan fingerprint density at radius 1 is 1.27 bits per heavy atom. The third kappa shape index (κ3) is 1.85. The van der Waals surface area contributed by atoms with Gasteiger partial charge in [-0.25, -0.2) is 13.2 Å². The van der Waals surface area contributed by atoms with Gasteiger partial charge >= 0.3 is 0 Å². The average Bonchev–Trinajstić information content (AvgIpc) is 1.85. The minimum atomic E-state index is -2.73. The van der Waals surface area contributed by atoms with Gasteiger partial charge in [0.05, 0.1) is 5.56 Å². The minimum absolute atomic E-state index is 0.262. The molecule has 0 aromatic heterocycles. The molecule has 1 rings (SSSR count). The molecule has 0 saturated carbocycles. The van der Waals surface area contributed by atoms with E-state index < -0.39 is 17.8 Å². The third-order valence-electron chi connectivity index (χ3n) is 1.22. The molecular formula is C7H4F3I. The number of benzene rings is 1. The van der Waals surface area contributed by atoms with Crippen LogP contribution in [0, 0.1) is 9.39 Å². The van der Waals surface area contributed by atoms with Crippen molar-refractivity contribution in [2.24, 2.45) is 0 Å². The minimum Gasteiger partial charge on any atom is -0.206 e. The normalized spacial score (nSPS) is 10.6. The van der Waals surface area contributed by atoms with Crippen molar-refractivity contribution >= 4 is 22.6 Å². The first-order chi connectivity index (χ1) is 5.13. The van der Waals surface area contributed by atoms with E-state index in [1.54, 1.807) is 22.6 Å². The quantitative estimate of drug-likeness (QED) is 0.687. The maximum atomic E-state index is 12.6. The highest BCUT2D eigenvalue weighted by molar-refractivity contribution is 14.1. The molecule has 11 heavy (non-hydrogen) atoms. The van der Waals surface area contributed by atoms with E-state index in [0.717, 1.165) is 6.07 Å². The molecule has 0 heterocycles. The molecule has 60 valence electrons. The summed E-state index contributed by atoms with van der Waals surface area (Å²) in [6.45, 7) is 0. The molecule has 1 aromatic rings. The molecule has 4 heteroatoms. The van der Waals surface area contributed by atoms with Crippen molar-refractivity contribution in [3.8, 4) is 0 Å². The Balaban J connectivity index is 3.21. The van der Waals surface area contributed by atoms with Crippen LogP contribution in [0.25, 0.3) is 0 Å². The van der Waals surface area contributed by atoms with Gasteiger partial charge < -0.3 is 0 Å². The van der Waals surface area contributed by atoms with Crippen LogP contribution < -0.4 is 0 Å². The molecule has 0 bridgehead atoms. The van der Waals surface area contributed by atoms with Crippen LogP contribution in [-0.4, -0.2) is 0 Å². The maximum absolute atomic E-state index is 12.6. The third-order valence-corrected chi connectivity index (χ3v) is 2.16. The lowest BCUT2D eigenvalue weighted by Crippen LogP contribution is -1.93. The van der Waals surface area contributed by atoms with E-state index in [1.165, 1.54) is 12.1 Å². The largest absolute Gasteiger partial charge is 0.267 e. The highest BCUT2D eigenvalue weighted by Crippen LogP contribution is 2.26. The van der Waals surface area contributed by atoms with Gasteiger partial charge in [-0.2, -0.15) is 0 Å². The molecule has 0 aliphatic rings. The Hall–Kier alpha value is -0.260. The van der Waals surface area contributed by atoms with Crippen molar-refractivity contribution in [1.29, 1.82) is 0 Å². The van der Waals surface area contributed by atoms with Crippen molar-refractivity contribution in [3.05, 3.63) is 33.1 Å². The molecule has 0 N–H and O–H groups in total. The van der Waals surface area contributed by atoms with Gasteiger partial charge in [0.1, 0.15) is 5.82 Å². The second-order valence-electron chi connectivity index (χ2n) is 1.94. The van der Waals surface area contributed by atoms with E-state index in [0.29, 0.717) is 0 Å². The van der Waals surface area contributed by atoms with Gasteiger partial charge in [0, 0.05) is 3.57 Å². The van der Waals surface area contributed by atoms with Gasteiger partial charge in [-0.15, -0.1) is 0 Å². The molecule has 0 spiro atoms. The monoisotopic (exact) mass is 272 g/mol. The van der Waals surface area contributed by atoms with Crippen molar-refractivity contribution in [2.75, 3.05) is 0 Å². The fourth-order valence-electron chi connectivity index (χ4n) is 0.719. The number of hydrogen-bond acceptors (Lipinski definition) is 0. The Labute approximate surface area is 75.6 Å². The van der Waals surface area contributed by atoms with E-state index in [1.807, 2.05) is 0 Å². The lowest BCUT2D eigenvalue weighted by Gasteiger charge is -2.02. The van der Waals surface area contributed by atoms with Crippen LogP contribution in [0.1, 0.15) is 12.0 Å². The first-order valence-electron chi connectivity index (χ1n) is 2.85. The summed E-state index contributed by atoms with van der Waals surface area (Å²) in [5.74, 6) is -0.841. The van der Waals surface area contributed by atoms with Crippen molar-refractivity contribution in [1.82, 2.24) is 0 Å². The van der Waals surface area contributed by atoms with E-state index in [2.05, 4.69) is 0 Å². The highest BCUT2D eigenvalue weighted by Gasteiger charge is 2.15. The van der Waals surface area contributed by atoms with Gasteiger partial charge in [0.15, 0.2) is 0 Å². The number of hydrogen-bond donors (Lipinski definition) is 0. The van der Waals surface area contributed by atoms with Gasteiger partial charge in [0.25, 0.3) is 6.43 Å². The predicted octanol–water partition coefficient (Wildman–Crippen LogP) is 3.37. The standard InChI is InChI=1S/C7H4F3I/c8-4-2-1-3-5(11)6(4)7(9)10/h1-3,7H. The summed E-state index contributed by atoms with van der Waals surface area (Å²) in [7, 11) is 0. The molecule has 1 aromatic carbocycles. The molecule has 0 unspecified atom stereocenters. The van der Waals surface area contributed by atoms with Crippen molar-refractivity contribution in [3.63, 3.8) is 0 Å². The summed E-state index contributed by atoms with van der Waals surface area (Å²) in [5.41, 5.74) is -0.506. The maximum Gasteiger partial charge on any atom is 0.267 e. The van der Waals surface area contributed by atoms with Gasteiger partial charge in [0.2, 0.25) is 0 Å². The Morgan fingerprint density at radius 2 is 1.91 bits per heavy atom. The summed E-state index contributed by atoms with van der Waals surface area (Å²) in [6, 6.07) is 3.89. The second kappa shape index (κ2) is 3.42. The van der Waals surface area contributed by atoms with Crippen LogP contribution in [-0.2, 0) is 0 Å². The fourth-order valence-corrected chi connectivity index (χ4v) is 1.42. The predicted molar refractivity (Wildman–Crippen MR) is 44.1 cm³/mol. The summed E-state index contributed by atoms with van der Waals surface area (Å²) in [4.78, 5) is 0. The first kappa shape index (κ1) is 8.83. The lowest BCUT2D eigenvalue weighted by molar-refractivity contribution is 0.145. The SMILES string of the molecule is Fc1cccc(I)c1C(F)F. The van der Waals surface area contributed by atoms with Gasteiger partial charge in [-0.1, -0.05) is 6.07 Å². The smallest absolute Gasteiger partial charge is 0.206 e. The summed E-state index contributed by atoms with van der Waals surface area (Å²) < 4.78 is 37.0. The molecular weight excluding hydrogens is 268 g/mol. The first-order valence-corrected chi connectivity index (χ1v) is 3.93. The topological polar surface area (TPSA) is 0 Å². The lowest BCUT2D eigenvalue weighted by atomic mass is 10.2. The zero-order chi connectivity index (χ0) is 8.43. The molecule has 0 amide bonds. The van der Waals surface area contributed by atoms with Crippen molar-refractivity contribution in [2.45, 2.75) is 6.43 Å². The van der Waals surface area contributed by atoms with E-state index >= 15 is 0 Å². The van der Waals surface area contributed by atoms with Crippen LogP contribution in [0.4, 0.5) is 13.2 Å². The van der Waals surface area contributed by atoms with E-state index in [4.69, 9.17) is 0 Å². The van der Waals surface area contributed by atoms with E-state index in [9.17, 15) is 13.2 Å². The number of rotatable bonds is 1. The zero-order valence-corrected chi connectivity index (χ0v) is 7.48. The van der Waals surface area contributed by atoms with Gasteiger partial charge in [-0.05, 0) is 34.7 Å². The molecule has 0 saturated heterocycles. The Kier molecular flexibility index (Phi) is 2.75. The average molecular weight is 272 g/mol. The summed E-state index contributed by atoms with van der Waals surface area (Å²) in [6.07, 6.45) is -2.73. The fraction of sp³-hybridized carbons (Fsp3) is 0.143. The molecule has 0 fully saturated rings. The van der Waals surface area contributed by atoms with Crippen LogP contribution in [0.5, 0.6) is 0 Å². The molecule has 0 aliphatic carbocycles. The molecule has 0 radical (unpaired) electrons. The summed E-state index contributed by atoms with van der Waals surface area (Å²) >= 11 is 1.68. The van der Waals surface area contributed by atoms with Crippen LogP contribution in [0.15, 0.2) is 18.2 Å². The Bertz CT molecular complexity index is 240. The van der Waals surface area contributed by atoms with E-state index in [-0.39, 0.29) is 3.57 Å². The molecule has 0 nitrogen and oxygen atoms in total. The van der Waals surface area contributed by atoms with Gasteiger partial charge in [-0.3, -0.25) is 0 Å². The zero-order valence-electron chi connectivity index (χ0n) is 5.32. The number of alkyl halides is 2. The van der Waals surface area contributed by atoms with Crippen molar-refractivity contribution < 1.29 is 13.2 Å². The number of halogens is 4. The van der Waals surface area contributed by atoms with Crippen LogP contribution in [0.2, 0.25) is 0 Å². The summed E-state index contributed by atoms with van der Waals surface area (Å²) in [5, 5.41) is 0. The second-order valence-corrected chi connectivity index (χ2v) is 3.10. The highest BCUT2D eigenvalue weighted by atomic mass is 127. The Morgan fingerprint density at radius 3 is 2.27 bits per heavy atom.